The Bertz CT molecular complexity index is 962. The minimum Gasteiger partial charge on any atom is -0.462 e. The van der Waals surface area contributed by atoms with E-state index in [4.69, 9.17) is 4.74 Å². The molecule has 0 spiro atoms. The van der Waals surface area contributed by atoms with E-state index in [-0.39, 0.29) is 12.5 Å². The van der Waals surface area contributed by atoms with Crippen molar-refractivity contribution in [3.63, 3.8) is 0 Å². The number of carbonyl (C=O) groups excluding carboxylic acids is 2. The number of amides is 1. The number of carbonyl (C=O) groups is 2. The molecule has 0 N–H and O–H groups in total. The first-order valence-corrected chi connectivity index (χ1v) is 10.8. The highest BCUT2D eigenvalue weighted by atomic mass is 79.9. The topological polar surface area (TPSA) is 46.6 Å². The summed E-state index contributed by atoms with van der Waals surface area (Å²) >= 11 is 5.05. The van der Waals surface area contributed by atoms with Gasteiger partial charge in [-0.1, -0.05) is 28.1 Å². The number of ether oxygens (including phenoxy) is 1. The summed E-state index contributed by atoms with van der Waals surface area (Å²) in [7, 11) is 0. The number of halogens is 1. The van der Waals surface area contributed by atoms with Crippen molar-refractivity contribution in [2.24, 2.45) is 0 Å². The van der Waals surface area contributed by atoms with Gasteiger partial charge in [0.2, 0.25) is 0 Å². The van der Waals surface area contributed by atoms with Gasteiger partial charge < -0.3 is 4.74 Å². The molecule has 0 unspecified atom stereocenters. The van der Waals surface area contributed by atoms with Crippen molar-refractivity contribution in [2.75, 3.05) is 17.8 Å². The molecule has 0 atom stereocenters. The SMILES string of the molecule is CCOC(=O)C1=C(C)N(c2ccc(Br)cc2)C(=O)/C1=C\c1ccc(SC)cc1. The van der Waals surface area contributed by atoms with Gasteiger partial charge in [-0.3, -0.25) is 9.69 Å². The number of benzene rings is 2. The lowest BCUT2D eigenvalue weighted by atomic mass is 10.0. The van der Waals surface area contributed by atoms with Gasteiger partial charge in [-0.2, -0.15) is 0 Å². The lowest BCUT2D eigenvalue weighted by Gasteiger charge is -2.18. The molecule has 0 saturated heterocycles. The predicted molar refractivity (Wildman–Crippen MR) is 117 cm³/mol. The largest absolute Gasteiger partial charge is 0.462 e. The quantitative estimate of drug-likeness (QED) is 0.340. The first kappa shape index (κ1) is 20.4. The van der Waals surface area contributed by atoms with Crippen LogP contribution in [0.4, 0.5) is 5.69 Å². The predicted octanol–water partition coefficient (Wildman–Crippen LogP) is 5.44. The summed E-state index contributed by atoms with van der Waals surface area (Å²) in [6, 6.07) is 15.3. The average Bonchev–Trinajstić information content (AvgIpc) is 2.93. The summed E-state index contributed by atoms with van der Waals surface area (Å²) in [6.07, 6.45) is 3.76. The molecule has 0 fully saturated rings. The van der Waals surface area contributed by atoms with E-state index in [1.54, 1.807) is 36.6 Å². The van der Waals surface area contributed by atoms with Gasteiger partial charge in [-0.25, -0.2) is 4.79 Å². The molecule has 3 rings (SSSR count). The fraction of sp³-hybridized carbons (Fsp3) is 0.182. The van der Waals surface area contributed by atoms with E-state index >= 15 is 0 Å². The zero-order valence-electron chi connectivity index (χ0n) is 15.9. The number of hydrogen-bond acceptors (Lipinski definition) is 4. The van der Waals surface area contributed by atoms with Crippen LogP contribution in [-0.4, -0.2) is 24.7 Å². The Hall–Kier alpha value is -2.31. The standard InChI is InChI=1S/C22H20BrNO3S/c1-4-27-22(26)20-14(2)24(17-9-7-16(23)8-10-17)21(25)19(20)13-15-5-11-18(28-3)12-6-15/h5-13H,4H2,1-3H3/b19-13-. The van der Waals surface area contributed by atoms with Crippen LogP contribution in [0.15, 0.2) is 74.7 Å². The second-order valence-corrected chi connectivity index (χ2v) is 7.92. The van der Waals surface area contributed by atoms with Crippen LogP contribution < -0.4 is 4.90 Å². The Morgan fingerprint density at radius 3 is 2.36 bits per heavy atom. The molecular weight excluding hydrogens is 438 g/mol. The average molecular weight is 458 g/mol. The number of thioether (sulfide) groups is 1. The van der Waals surface area contributed by atoms with Gasteiger partial charge >= 0.3 is 5.97 Å². The highest BCUT2D eigenvalue weighted by Crippen LogP contribution is 2.36. The number of nitrogens with zero attached hydrogens (tertiary/aromatic N) is 1. The molecule has 1 aliphatic rings. The second-order valence-electron chi connectivity index (χ2n) is 6.13. The monoisotopic (exact) mass is 457 g/mol. The van der Waals surface area contributed by atoms with Gasteiger partial charge in [-0.05, 0) is 68.1 Å². The maximum Gasteiger partial charge on any atom is 0.340 e. The van der Waals surface area contributed by atoms with Crippen LogP contribution in [0.3, 0.4) is 0 Å². The lowest BCUT2D eigenvalue weighted by molar-refractivity contribution is -0.138. The van der Waals surface area contributed by atoms with Crippen LogP contribution in [0, 0.1) is 0 Å². The summed E-state index contributed by atoms with van der Waals surface area (Å²) in [5.74, 6) is -0.725. The summed E-state index contributed by atoms with van der Waals surface area (Å²) in [6.45, 7) is 3.77. The van der Waals surface area contributed by atoms with Crippen LogP contribution in [-0.2, 0) is 14.3 Å². The molecule has 4 nitrogen and oxygen atoms in total. The van der Waals surface area contributed by atoms with E-state index in [1.807, 2.05) is 54.8 Å². The minimum absolute atomic E-state index is 0.239. The molecule has 2 aromatic rings. The third-order valence-corrected chi connectivity index (χ3v) is 5.66. The van der Waals surface area contributed by atoms with Gasteiger partial charge in [0.15, 0.2) is 0 Å². The number of allylic oxidation sites excluding steroid dienone is 1. The number of rotatable bonds is 5. The smallest absolute Gasteiger partial charge is 0.340 e. The minimum atomic E-state index is -0.486. The third-order valence-electron chi connectivity index (χ3n) is 4.39. The number of esters is 1. The van der Waals surface area contributed by atoms with Gasteiger partial charge in [-0.15, -0.1) is 11.8 Å². The third kappa shape index (κ3) is 4.08. The lowest BCUT2D eigenvalue weighted by Crippen LogP contribution is -2.24. The number of hydrogen-bond donors (Lipinski definition) is 0. The molecule has 2 aromatic carbocycles. The molecule has 0 aromatic heterocycles. The zero-order valence-corrected chi connectivity index (χ0v) is 18.3. The molecule has 0 saturated carbocycles. The van der Waals surface area contributed by atoms with Gasteiger partial charge in [0, 0.05) is 20.8 Å². The van der Waals surface area contributed by atoms with E-state index < -0.39 is 5.97 Å². The molecule has 1 amide bonds. The molecule has 0 aliphatic carbocycles. The second kappa shape index (κ2) is 8.80. The summed E-state index contributed by atoms with van der Waals surface area (Å²) in [5, 5.41) is 0. The fourth-order valence-corrected chi connectivity index (χ4v) is 3.72. The first-order valence-electron chi connectivity index (χ1n) is 8.80. The zero-order chi connectivity index (χ0) is 20.3. The van der Waals surface area contributed by atoms with Crippen molar-refractivity contribution in [2.45, 2.75) is 18.7 Å². The number of anilines is 1. The molecule has 144 valence electrons. The van der Waals surface area contributed by atoms with Crippen LogP contribution in [0.25, 0.3) is 6.08 Å². The highest BCUT2D eigenvalue weighted by molar-refractivity contribution is 9.10. The Balaban J connectivity index is 2.08. The Morgan fingerprint density at radius 2 is 1.79 bits per heavy atom. The Labute approximate surface area is 177 Å². The molecule has 6 heteroatoms. The van der Waals surface area contributed by atoms with Crippen LogP contribution in [0.1, 0.15) is 19.4 Å². The Morgan fingerprint density at radius 1 is 1.14 bits per heavy atom. The van der Waals surface area contributed by atoms with E-state index in [0.717, 1.165) is 14.9 Å². The molecule has 1 heterocycles. The van der Waals surface area contributed by atoms with E-state index in [0.29, 0.717) is 22.5 Å². The molecule has 0 radical (unpaired) electrons. The first-order chi connectivity index (χ1) is 13.5. The highest BCUT2D eigenvalue weighted by Gasteiger charge is 2.38. The van der Waals surface area contributed by atoms with E-state index in [2.05, 4.69) is 15.9 Å². The molecule has 0 bridgehead atoms. The van der Waals surface area contributed by atoms with Gasteiger partial charge in [0.1, 0.15) is 0 Å². The van der Waals surface area contributed by atoms with Crippen LogP contribution >= 0.6 is 27.7 Å². The van der Waals surface area contributed by atoms with Gasteiger partial charge in [0.05, 0.1) is 17.8 Å². The van der Waals surface area contributed by atoms with Crippen molar-refractivity contribution in [3.8, 4) is 0 Å². The van der Waals surface area contributed by atoms with Gasteiger partial charge in [0.25, 0.3) is 5.91 Å². The maximum absolute atomic E-state index is 13.2. The van der Waals surface area contributed by atoms with Crippen molar-refractivity contribution in [1.82, 2.24) is 0 Å². The Kier molecular flexibility index (Phi) is 6.42. The fourth-order valence-electron chi connectivity index (χ4n) is 3.05. The molecular formula is C22H20BrNO3S. The van der Waals surface area contributed by atoms with Crippen LogP contribution in [0.5, 0.6) is 0 Å². The van der Waals surface area contributed by atoms with Crippen molar-refractivity contribution >= 4 is 51.3 Å². The maximum atomic E-state index is 13.2. The molecule has 1 aliphatic heterocycles. The van der Waals surface area contributed by atoms with E-state index in [1.165, 1.54) is 0 Å². The summed E-state index contributed by atoms with van der Waals surface area (Å²) in [5.41, 5.74) is 2.78. The molecule has 28 heavy (non-hydrogen) atoms. The summed E-state index contributed by atoms with van der Waals surface area (Å²) in [4.78, 5) is 28.6. The van der Waals surface area contributed by atoms with Crippen LogP contribution in [0.2, 0.25) is 0 Å². The van der Waals surface area contributed by atoms with Crippen molar-refractivity contribution in [3.05, 3.63) is 75.4 Å². The normalized spacial score (nSPS) is 15.5. The summed E-state index contributed by atoms with van der Waals surface area (Å²) < 4.78 is 6.14. The van der Waals surface area contributed by atoms with Crippen molar-refractivity contribution in [1.29, 1.82) is 0 Å². The van der Waals surface area contributed by atoms with Crippen molar-refractivity contribution < 1.29 is 14.3 Å². The van der Waals surface area contributed by atoms with E-state index in [9.17, 15) is 9.59 Å².